The summed E-state index contributed by atoms with van der Waals surface area (Å²) in [7, 11) is 0. The van der Waals surface area contributed by atoms with Gasteiger partial charge < -0.3 is 15.3 Å². The first kappa shape index (κ1) is 7.72. The number of rotatable bonds is 0. The zero-order valence-corrected chi connectivity index (χ0v) is 6.42. The number of benzene rings is 1. The highest BCUT2D eigenvalue weighted by Gasteiger charge is 2.09. The lowest BCUT2D eigenvalue weighted by Crippen LogP contribution is -1.83. The fraction of sp³-hybridized carbons (Fsp3) is 0.250. The van der Waals surface area contributed by atoms with Gasteiger partial charge in [0.15, 0.2) is 11.5 Å². The molecule has 0 aliphatic rings. The van der Waals surface area contributed by atoms with E-state index in [-0.39, 0.29) is 17.2 Å². The largest absolute Gasteiger partial charge is 0.508 e. The van der Waals surface area contributed by atoms with Gasteiger partial charge in [-0.3, -0.25) is 0 Å². The van der Waals surface area contributed by atoms with Crippen molar-refractivity contribution in [2.24, 2.45) is 0 Å². The molecule has 0 spiro atoms. The molecule has 60 valence electrons. The van der Waals surface area contributed by atoms with Gasteiger partial charge in [-0.15, -0.1) is 0 Å². The van der Waals surface area contributed by atoms with Crippen molar-refractivity contribution >= 4 is 0 Å². The number of hydrogen-bond acceptors (Lipinski definition) is 3. The lowest BCUT2D eigenvalue weighted by atomic mass is 10.1. The predicted octanol–water partition coefficient (Wildman–Crippen LogP) is 1.42. The average Bonchev–Trinajstić information content (AvgIpc) is 1.97. The van der Waals surface area contributed by atoms with Gasteiger partial charge in [0, 0.05) is 11.6 Å². The van der Waals surface area contributed by atoms with E-state index in [4.69, 9.17) is 15.3 Å². The number of phenols is 3. The van der Waals surface area contributed by atoms with Gasteiger partial charge >= 0.3 is 0 Å². The van der Waals surface area contributed by atoms with Crippen molar-refractivity contribution in [2.75, 3.05) is 0 Å². The third-order valence-electron chi connectivity index (χ3n) is 1.82. The smallest absolute Gasteiger partial charge is 0.161 e. The minimum Gasteiger partial charge on any atom is -0.508 e. The Kier molecular flexibility index (Phi) is 1.64. The van der Waals surface area contributed by atoms with E-state index < -0.39 is 0 Å². The Morgan fingerprint density at radius 2 is 1.45 bits per heavy atom. The van der Waals surface area contributed by atoms with Crippen LogP contribution in [0.15, 0.2) is 6.07 Å². The molecule has 3 N–H and O–H groups in total. The van der Waals surface area contributed by atoms with Crippen molar-refractivity contribution in [3.63, 3.8) is 0 Å². The van der Waals surface area contributed by atoms with Crippen LogP contribution < -0.4 is 0 Å². The molecule has 0 fully saturated rings. The second-order valence-electron chi connectivity index (χ2n) is 2.51. The minimum absolute atomic E-state index is 0.00204. The topological polar surface area (TPSA) is 60.7 Å². The van der Waals surface area contributed by atoms with E-state index in [0.717, 1.165) is 6.07 Å². The molecule has 0 saturated heterocycles. The zero-order chi connectivity index (χ0) is 8.59. The van der Waals surface area contributed by atoms with Crippen LogP contribution in [0.1, 0.15) is 11.1 Å². The highest BCUT2D eigenvalue weighted by molar-refractivity contribution is 5.54. The Hall–Kier alpha value is -1.38. The van der Waals surface area contributed by atoms with Crippen LogP contribution in [0.2, 0.25) is 0 Å². The minimum atomic E-state index is -0.286. The first-order valence-electron chi connectivity index (χ1n) is 3.25. The maximum absolute atomic E-state index is 9.15. The molecule has 11 heavy (non-hydrogen) atoms. The summed E-state index contributed by atoms with van der Waals surface area (Å²) < 4.78 is 0. The molecule has 0 heterocycles. The molecular weight excluding hydrogens is 144 g/mol. The summed E-state index contributed by atoms with van der Waals surface area (Å²) in [6, 6.07) is 1.12. The Morgan fingerprint density at radius 3 is 2.00 bits per heavy atom. The molecule has 1 rings (SSSR count). The molecule has 3 nitrogen and oxygen atoms in total. The van der Waals surface area contributed by atoms with Crippen molar-refractivity contribution in [1.82, 2.24) is 0 Å². The van der Waals surface area contributed by atoms with Crippen molar-refractivity contribution in [3.05, 3.63) is 17.2 Å². The maximum Gasteiger partial charge on any atom is 0.161 e. The molecule has 0 amide bonds. The van der Waals surface area contributed by atoms with Crippen LogP contribution in [-0.2, 0) is 0 Å². The van der Waals surface area contributed by atoms with Crippen LogP contribution in [0.5, 0.6) is 17.2 Å². The highest BCUT2D eigenvalue weighted by atomic mass is 16.3. The van der Waals surface area contributed by atoms with E-state index in [9.17, 15) is 0 Å². The number of aromatic hydroxyl groups is 3. The molecule has 0 aliphatic heterocycles. The second-order valence-corrected chi connectivity index (χ2v) is 2.51. The second kappa shape index (κ2) is 2.34. The van der Waals surface area contributed by atoms with E-state index in [1.54, 1.807) is 13.8 Å². The van der Waals surface area contributed by atoms with Gasteiger partial charge in [-0.2, -0.15) is 0 Å². The van der Waals surface area contributed by atoms with Gasteiger partial charge in [-0.25, -0.2) is 0 Å². The van der Waals surface area contributed by atoms with Crippen molar-refractivity contribution in [2.45, 2.75) is 13.8 Å². The van der Waals surface area contributed by atoms with Gasteiger partial charge in [-0.1, -0.05) is 0 Å². The Bertz CT molecular complexity index is 266. The van der Waals surface area contributed by atoms with Crippen LogP contribution in [0.25, 0.3) is 0 Å². The first-order chi connectivity index (χ1) is 5.04. The normalized spacial score (nSPS) is 10.0. The SMILES string of the molecule is Cc1c(O)cc(O)c(O)c1C. The van der Waals surface area contributed by atoms with Crippen molar-refractivity contribution in [3.8, 4) is 17.2 Å². The van der Waals surface area contributed by atoms with Crippen LogP contribution >= 0.6 is 0 Å². The summed E-state index contributed by atoms with van der Waals surface area (Å²) in [4.78, 5) is 0. The first-order valence-corrected chi connectivity index (χ1v) is 3.25. The summed E-state index contributed by atoms with van der Waals surface area (Å²) in [5, 5.41) is 27.3. The van der Waals surface area contributed by atoms with Crippen LogP contribution in [-0.4, -0.2) is 15.3 Å². The third kappa shape index (κ3) is 1.09. The molecular formula is C8H10O3. The number of hydrogen-bond donors (Lipinski definition) is 3. The molecule has 0 unspecified atom stereocenters. The summed E-state index contributed by atoms with van der Waals surface area (Å²) in [5.74, 6) is -0.455. The fourth-order valence-electron chi connectivity index (χ4n) is 0.868. The van der Waals surface area contributed by atoms with Gasteiger partial charge in [0.05, 0.1) is 0 Å². The van der Waals surface area contributed by atoms with Crippen LogP contribution in [0, 0.1) is 13.8 Å². The standard InChI is InChI=1S/C8H10O3/c1-4-5(2)8(11)7(10)3-6(4)9/h3,9-11H,1-2H3. The molecule has 1 aromatic rings. The van der Waals surface area contributed by atoms with Gasteiger partial charge in [0.1, 0.15) is 5.75 Å². The van der Waals surface area contributed by atoms with E-state index in [2.05, 4.69) is 0 Å². The van der Waals surface area contributed by atoms with E-state index >= 15 is 0 Å². The quantitative estimate of drug-likeness (QED) is 0.391. The van der Waals surface area contributed by atoms with E-state index in [0.29, 0.717) is 11.1 Å². The molecule has 0 bridgehead atoms. The van der Waals surface area contributed by atoms with E-state index in [1.807, 2.05) is 0 Å². The highest BCUT2D eigenvalue weighted by Crippen LogP contribution is 2.35. The maximum atomic E-state index is 9.15. The Morgan fingerprint density at radius 1 is 0.909 bits per heavy atom. The summed E-state index contributed by atoms with van der Waals surface area (Å²) in [6.45, 7) is 3.30. The van der Waals surface area contributed by atoms with Gasteiger partial charge in [0.2, 0.25) is 0 Å². The molecule has 3 heteroatoms. The van der Waals surface area contributed by atoms with Crippen LogP contribution in [0.4, 0.5) is 0 Å². The Balaban J connectivity index is 3.46. The van der Waals surface area contributed by atoms with Gasteiger partial charge in [0.25, 0.3) is 0 Å². The lowest BCUT2D eigenvalue weighted by Gasteiger charge is -2.06. The molecule has 0 saturated carbocycles. The van der Waals surface area contributed by atoms with Gasteiger partial charge in [-0.05, 0) is 19.4 Å². The predicted molar refractivity (Wildman–Crippen MR) is 40.9 cm³/mol. The van der Waals surface area contributed by atoms with E-state index in [1.165, 1.54) is 0 Å². The van der Waals surface area contributed by atoms with Crippen molar-refractivity contribution < 1.29 is 15.3 Å². The fourth-order valence-corrected chi connectivity index (χ4v) is 0.868. The molecule has 0 aliphatic carbocycles. The molecule has 0 radical (unpaired) electrons. The molecule has 0 aromatic heterocycles. The Labute approximate surface area is 64.5 Å². The summed E-state index contributed by atoms with van der Waals surface area (Å²) in [5.41, 5.74) is 1.09. The lowest BCUT2D eigenvalue weighted by molar-refractivity contribution is 0.392. The number of phenolic OH excluding ortho intramolecular Hbond substituents is 3. The zero-order valence-electron chi connectivity index (χ0n) is 6.42. The molecule has 1 aromatic carbocycles. The summed E-state index contributed by atoms with van der Waals surface area (Å²) in [6.07, 6.45) is 0. The average molecular weight is 154 g/mol. The molecule has 0 atom stereocenters. The summed E-state index contributed by atoms with van der Waals surface area (Å²) >= 11 is 0. The van der Waals surface area contributed by atoms with Crippen LogP contribution in [0.3, 0.4) is 0 Å². The van der Waals surface area contributed by atoms with Crippen molar-refractivity contribution in [1.29, 1.82) is 0 Å². The monoisotopic (exact) mass is 154 g/mol. The third-order valence-corrected chi connectivity index (χ3v) is 1.82.